The van der Waals surface area contributed by atoms with E-state index in [0.717, 1.165) is 46.4 Å². The average molecular weight is 742 g/mol. The second-order valence-corrected chi connectivity index (χ2v) is 15.2. The van der Waals surface area contributed by atoms with Crippen LogP contribution < -0.4 is 0 Å². The first-order valence-corrected chi connectivity index (χ1v) is 19.9. The van der Waals surface area contributed by atoms with Gasteiger partial charge in [0.15, 0.2) is 17.5 Å². The summed E-state index contributed by atoms with van der Waals surface area (Å²) in [6, 6.07) is 66.9. The quantitative estimate of drug-likeness (QED) is 0.170. The predicted molar refractivity (Wildman–Crippen MR) is 238 cm³/mol. The number of aryl methyl sites for hydroxylation is 2. The molecule has 8 aromatic carbocycles. The third kappa shape index (κ3) is 5.07. The first-order valence-electron chi connectivity index (χ1n) is 19.9. The highest BCUT2D eigenvalue weighted by Gasteiger charge is 2.27. The van der Waals surface area contributed by atoms with Crippen molar-refractivity contribution >= 4 is 43.6 Å². The molecule has 12 rings (SSSR count). The maximum absolute atomic E-state index is 5.11. The van der Waals surface area contributed by atoms with Gasteiger partial charge in [-0.25, -0.2) is 15.0 Å². The molecule has 0 saturated carbocycles. The van der Waals surface area contributed by atoms with Gasteiger partial charge in [-0.3, -0.25) is 0 Å². The van der Waals surface area contributed by atoms with Gasteiger partial charge in [0.25, 0.3) is 0 Å². The summed E-state index contributed by atoms with van der Waals surface area (Å²) in [6.07, 6.45) is 2.04. The van der Waals surface area contributed by atoms with Crippen molar-refractivity contribution in [2.24, 2.45) is 0 Å². The Balaban J connectivity index is 1.15. The van der Waals surface area contributed by atoms with E-state index in [9.17, 15) is 0 Å². The third-order valence-electron chi connectivity index (χ3n) is 11.8. The highest BCUT2D eigenvalue weighted by atomic mass is 15.1. The van der Waals surface area contributed by atoms with Crippen LogP contribution in [-0.4, -0.2) is 24.1 Å². The van der Waals surface area contributed by atoms with Gasteiger partial charge >= 0.3 is 0 Å². The van der Waals surface area contributed by atoms with Crippen LogP contribution in [-0.2, 0) is 12.8 Å². The highest BCUT2D eigenvalue weighted by molar-refractivity contribution is 6.26. The van der Waals surface area contributed by atoms with Crippen molar-refractivity contribution in [1.82, 2.24) is 24.1 Å². The van der Waals surface area contributed by atoms with Gasteiger partial charge in [-0.1, -0.05) is 146 Å². The molecule has 3 heterocycles. The predicted octanol–water partition coefficient (Wildman–Crippen LogP) is 12.8. The van der Waals surface area contributed by atoms with Crippen molar-refractivity contribution in [3.8, 4) is 56.7 Å². The third-order valence-corrected chi connectivity index (χ3v) is 11.8. The normalized spacial score (nSPS) is 12.3. The first kappa shape index (κ1) is 32.6. The molecule has 0 atom stereocenters. The highest BCUT2D eigenvalue weighted by Crippen LogP contribution is 2.46. The molecule has 5 heteroatoms. The fraction of sp³-hybridized carbons (Fsp3) is 0.0377. The largest absolute Gasteiger partial charge is 0.307 e. The van der Waals surface area contributed by atoms with Crippen molar-refractivity contribution in [3.63, 3.8) is 0 Å². The van der Waals surface area contributed by atoms with Crippen molar-refractivity contribution < 1.29 is 0 Å². The van der Waals surface area contributed by atoms with E-state index in [1.54, 1.807) is 0 Å². The number of rotatable bonds is 6. The number of para-hydroxylation sites is 1. The zero-order valence-electron chi connectivity index (χ0n) is 31.5. The number of hydrogen-bond acceptors (Lipinski definition) is 3. The summed E-state index contributed by atoms with van der Waals surface area (Å²) in [4.78, 5) is 15.2. The van der Waals surface area contributed by atoms with E-state index in [4.69, 9.17) is 15.0 Å². The number of benzene rings is 8. The standard InChI is InChI=1S/C53H35N5/c1-4-15-34(16-5-1)38-22-12-24-41(31-38)58-46-28-14-21-35-29-30-39-33-44-43-26-10-11-27-45(43)57(49(44)50(58)48(39)47(35)46)42-25-13-23-40(32-42)53-55-51(36-17-6-2-7-18-36)54-52(56-53)37-19-8-3-9-20-37/h1-28,31-33H,29-30H2. The summed E-state index contributed by atoms with van der Waals surface area (Å²) in [5.74, 6) is 1.93. The van der Waals surface area contributed by atoms with Crippen LogP contribution in [0.5, 0.6) is 0 Å². The van der Waals surface area contributed by atoms with E-state index in [0.29, 0.717) is 17.5 Å². The zero-order valence-corrected chi connectivity index (χ0v) is 31.5. The number of nitrogens with zero attached hydrogens (tertiary/aromatic N) is 5. The lowest BCUT2D eigenvalue weighted by Crippen LogP contribution is -2.02. The maximum atomic E-state index is 5.11. The molecule has 58 heavy (non-hydrogen) atoms. The molecule has 272 valence electrons. The van der Waals surface area contributed by atoms with E-state index >= 15 is 0 Å². The van der Waals surface area contributed by atoms with Crippen LogP contribution in [0.2, 0.25) is 0 Å². The molecule has 0 N–H and O–H groups in total. The summed E-state index contributed by atoms with van der Waals surface area (Å²) >= 11 is 0. The molecular weight excluding hydrogens is 707 g/mol. The second-order valence-electron chi connectivity index (χ2n) is 15.2. The molecule has 0 amide bonds. The summed E-state index contributed by atoms with van der Waals surface area (Å²) in [5.41, 5.74) is 15.1. The monoisotopic (exact) mass is 741 g/mol. The first-order chi connectivity index (χ1) is 28.8. The smallest absolute Gasteiger partial charge is 0.164 e. The molecule has 11 aromatic rings. The Labute approximate surface area is 335 Å². The fourth-order valence-electron chi connectivity index (χ4n) is 9.23. The van der Waals surface area contributed by atoms with E-state index in [-0.39, 0.29) is 0 Å². The van der Waals surface area contributed by atoms with Gasteiger partial charge in [0.05, 0.1) is 22.1 Å². The Morgan fingerprint density at radius 3 is 1.52 bits per heavy atom. The van der Waals surface area contributed by atoms with Crippen LogP contribution in [0.25, 0.3) is 100 Å². The van der Waals surface area contributed by atoms with E-state index in [1.807, 2.05) is 36.4 Å². The van der Waals surface area contributed by atoms with Gasteiger partial charge in [0, 0.05) is 49.6 Å². The molecule has 0 spiro atoms. The van der Waals surface area contributed by atoms with Crippen molar-refractivity contribution in [1.29, 1.82) is 0 Å². The molecule has 0 aliphatic heterocycles. The number of fused-ring (bicyclic) bond motifs is 4. The van der Waals surface area contributed by atoms with Crippen molar-refractivity contribution in [3.05, 3.63) is 199 Å². The summed E-state index contributed by atoms with van der Waals surface area (Å²) < 4.78 is 5.00. The molecule has 0 fully saturated rings. The Bertz CT molecular complexity index is 3320. The van der Waals surface area contributed by atoms with E-state index < -0.39 is 0 Å². The number of hydrogen-bond donors (Lipinski definition) is 0. The van der Waals surface area contributed by atoms with Crippen LogP contribution in [0.4, 0.5) is 0 Å². The van der Waals surface area contributed by atoms with Crippen LogP contribution in [0, 0.1) is 0 Å². The van der Waals surface area contributed by atoms with Crippen LogP contribution in [0.3, 0.4) is 0 Å². The molecule has 0 unspecified atom stereocenters. The number of aromatic nitrogens is 5. The van der Waals surface area contributed by atoms with Gasteiger partial charge < -0.3 is 9.13 Å². The Morgan fingerprint density at radius 2 is 0.828 bits per heavy atom. The molecule has 0 bridgehead atoms. The van der Waals surface area contributed by atoms with Crippen LogP contribution in [0.1, 0.15) is 11.1 Å². The van der Waals surface area contributed by atoms with Gasteiger partial charge in [-0.05, 0) is 77.6 Å². The minimum Gasteiger partial charge on any atom is -0.307 e. The molecule has 3 aromatic heterocycles. The Kier molecular flexibility index (Phi) is 7.29. The molecular formula is C53H35N5. The Hall–Kier alpha value is -7.63. The van der Waals surface area contributed by atoms with E-state index in [1.165, 1.54) is 60.3 Å². The maximum Gasteiger partial charge on any atom is 0.164 e. The van der Waals surface area contributed by atoms with Crippen molar-refractivity contribution in [2.75, 3.05) is 0 Å². The lowest BCUT2D eigenvalue weighted by atomic mass is 9.90. The molecule has 0 radical (unpaired) electrons. The fourth-order valence-corrected chi connectivity index (χ4v) is 9.23. The van der Waals surface area contributed by atoms with Gasteiger partial charge in [0.2, 0.25) is 0 Å². The SMILES string of the molecule is c1ccc(-c2cccc(-n3c4cccc5c4c4c(cc6c7ccccc7n(-c7cccc(-c8nc(-c9ccccc9)nc(-c9ccccc9)n8)c7)c6c43)CC5)c2)cc1. The minimum absolute atomic E-state index is 0.633. The topological polar surface area (TPSA) is 48.5 Å². The summed E-state index contributed by atoms with van der Waals surface area (Å²) in [7, 11) is 0. The van der Waals surface area contributed by atoms with Crippen LogP contribution in [0.15, 0.2) is 188 Å². The second kappa shape index (κ2) is 13.0. The van der Waals surface area contributed by atoms with Gasteiger partial charge in [-0.2, -0.15) is 0 Å². The van der Waals surface area contributed by atoms with Gasteiger partial charge in [0.1, 0.15) is 0 Å². The lowest BCUT2D eigenvalue weighted by Gasteiger charge is -2.16. The zero-order chi connectivity index (χ0) is 38.2. The summed E-state index contributed by atoms with van der Waals surface area (Å²) in [5, 5.41) is 5.21. The van der Waals surface area contributed by atoms with Gasteiger partial charge in [-0.15, -0.1) is 0 Å². The van der Waals surface area contributed by atoms with E-state index in [2.05, 4.69) is 161 Å². The molecule has 1 aliphatic carbocycles. The van der Waals surface area contributed by atoms with Crippen LogP contribution >= 0.6 is 0 Å². The Morgan fingerprint density at radius 1 is 0.328 bits per heavy atom. The van der Waals surface area contributed by atoms with Crippen molar-refractivity contribution in [2.45, 2.75) is 12.8 Å². The molecule has 1 aliphatic rings. The lowest BCUT2D eigenvalue weighted by molar-refractivity contribution is 0.971. The molecule has 5 nitrogen and oxygen atoms in total. The summed E-state index contributed by atoms with van der Waals surface area (Å²) in [6.45, 7) is 0. The average Bonchev–Trinajstić information content (AvgIpc) is 3.83. The minimum atomic E-state index is 0.633. The molecule has 0 saturated heterocycles.